The van der Waals surface area contributed by atoms with Gasteiger partial charge in [-0.25, -0.2) is 0 Å². The van der Waals surface area contributed by atoms with E-state index in [1.165, 1.54) is 27.8 Å². The molecule has 10 aromatic carbocycles. The van der Waals surface area contributed by atoms with Crippen LogP contribution in [0.25, 0.3) is 36.5 Å². The van der Waals surface area contributed by atoms with Crippen LogP contribution in [0.5, 0.6) is 0 Å². The lowest BCUT2D eigenvalue weighted by atomic mass is 10.1. The monoisotopic (exact) mass is 941 g/mol. The summed E-state index contributed by atoms with van der Waals surface area (Å²) in [5.41, 5.74) is 21.8. The summed E-state index contributed by atoms with van der Waals surface area (Å²) in [5.74, 6) is 0. The number of anilines is 9. The van der Waals surface area contributed by atoms with Crippen molar-refractivity contribution in [1.82, 2.24) is 0 Å². The fraction of sp³-hybridized carbons (Fsp3) is 0.0571. The van der Waals surface area contributed by atoms with E-state index in [-0.39, 0.29) is 0 Å². The maximum atomic E-state index is 2.32. The Morgan fingerprint density at radius 2 is 0.329 bits per heavy atom. The zero-order valence-electron chi connectivity index (χ0n) is 42.0. The Balaban J connectivity index is 0.878. The average Bonchev–Trinajstić information content (AvgIpc) is 3.43. The molecular weight excluding hydrogens is 883 g/mol. The molecule has 0 aliphatic rings. The second-order valence-electron chi connectivity index (χ2n) is 18.7. The van der Waals surface area contributed by atoms with Crippen molar-refractivity contribution in [3.05, 3.63) is 304 Å². The van der Waals surface area contributed by atoms with E-state index in [2.05, 4.69) is 322 Å². The van der Waals surface area contributed by atoms with Crippen molar-refractivity contribution in [2.75, 3.05) is 14.7 Å². The van der Waals surface area contributed by atoms with Crippen LogP contribution in [0.2, 0.25) is 0 Å². The number of aryl methyl sites for hydroxylation is 4. The Morgan fingerprint density at radius 1 is 0.178 bits per heavy atom. The van der Waals surface area contributed by atoms with E-state index in [0.29, 0.717) is 0 Å². The van der Waals surface area contributed by atoms with Crippen molar-refractivity contribution >= 4 is 87.6 Å². The smallest absolute Gasteiger partial charge is 0.0462 e. The van der Waals surface area contributed by atoms with Crippen LogP contribution in [-0.4, -0.2) is 0 Å². The van der Waals surface area contributed by atoms with Gasteiger partial charge < -0.3 is 14.7 Å². The maximum Gasteiger partial charge on any atom is 0.0462 e. The second-order valence-corrected chi connectivity index (χ2v) is 18.7. The molecule has 0 heterocycles. The molecule has 0 radical (unpaired) electrons. The van der Waals surface area contributed by atoms with E-state index >= 15 is 0 Å². The number of nitrogens with zero attached hydrogens (tertiary/aromatic N) is 3. The third-order valence-electron chi connectivity index (χ3n) is 13.1. The number of benzene rings is 10. The fourth-order valence-corrected chi connectivity index (χ4v) is 8.93. The molecule has 0 amide bonds. The molecule has 0 unspecified atom stereocenters. The number of hydrogen-bond donors (Lipinski definition) is 0. The Bertz CT molecular complexity index is 3160. The molecule has 10 aromatic rings. The summed E-state index contributed by atoms with van der Waals surface area (Å²) in [6, 6.07) is 89.3. The van der Waals surface area contributed by atoms with Crippen molar-refractivity contribution in [1.29, 1.82) is 0 Å². The predicted molar refractivity (Wildman–Crippen MR) is 316 cm³/mol. The van der Waals surface area contributed by atoms with Crippen LogP contribution in [-0.2, 0) is 0 Å². The lowest BCUT2D eigenvalue weighted by molar-refractivity contribution is 1.27. The van der Waals surface area contributed by atoms with Crippen LogP contribution < -0.4 is 14.7 Å². The first-order valence-corrected chi connectivity index (χ1v) is 25.0. The molecule has 10 rings (SSSR count). The van der Waals surface area contributed by atoms with Crippen LogP contribution in [0.1, 0.15) is 55.6 Å². The summed E-state index contributed by atoms with van der Waals surface area (Å²) in [4.78, 5) is 6.94. The molecule has 0 N–H and O–H groups in total. The first-order chi connectivity index (χ1) is 35.8. The Morgan fingerprint density at radius 3 is 0.507 bits per heavy atom. The van der Waals surface area contributed by atoms with Crippen LogP contribution in [0.4, 0.5) is 51.2 Å². The summed E-state index contributed by atoms with van der Waals surface area (Å²) in [6.07, 6.45) is 13.1. The molecule has 0 atom stereocenters. The van der Waals surface area contributed by atoms with Crippen molar-refractivity contribution in [2.24, 2.45) is 0 Å². The summed E-state index contributed by atoms with van der Waals surface area (Å²) >= 11 is 0. The Kier molecular flexibility index (Phi) is 14.5. The highest BCUT2D eigenvalue weighted by atomic mass is 15.2. The lowest BCUT2D eigenvalue weighted by Gasteiger charge is -2.26. The maximum absolute atomic E-state index is 2.32. The molecule has 0 saturated carbocycles. The van der Waals surface area contributed by atoms with Gasteiger partial charge in [0.15, 0.2) is 0 Å². The molecule has 0 aliphatic carbocycles. The van der Waals surface area contributed by atoms with Gasteiger partial charge in [-0.1, -0.05) is 198 Å². The van der Waals surface area contributed by atoms with Crippen molar-refractivity contribution < 1.29 is 0 Å². The highest BCUT2D eigenvalue weighted by Crippen LogP contribution is 2.38. The molecule has 0 spiro atoms. The van der Waals surface area contributed by atoms with E-state index in [4.69, 9.17) is 0 Å². The van der Waals surface area contributed by atoms with Crippen molar-refractivity contribution in [2.45, 2.75) is 27.7 Å². The van der Waals surface area contributed by atoms with E-state index in [0.717, 1.165) is 79.0 Å². The summed E-state index contributed by atoms with van der Waals surface area (Å²) < 4.78 is 0. The first-order valence-electron chi connectivity index (χ1n) is 25.0. The van der Waals surface area contributed by atoms with Crippen molar-refractivity contribution in [3.63, 3.8) is 0 Å². The van der Waals surface area contributed by atoms with Gasteiger partial charge in [0.25, 0.3) is 0 Å². The highest BCUT2D eigenvalue weighted by molar-refractivity contribution is 5.83. The van der Waals surface area contributed by atoms with E-state index < -0.39 is 0 Å². The highest BCUT2D eigenvalue weighted by Gasteiger charge is 2.15. The first kappa shape index (κ1) is 47.5. The predicted octanol–water partition coefficient (Wildman–Crippen LogP) is 19.8. The second kappa shape index (κ2) is 22.3. The van der Waals surface area contributed by atoms with Crippen LogP contribution in [0.15, 0.2) is 249 Å². The largest absolute Gasteiger partial charge is 0.311 e. The molecular formula is C70H59N3. The Labute approximate surface area is 432 Å². The van der Waals surface area contributed by atoms with E-state index in [1.807, 2.05) is 6.07 Å². The summed E-state index contributed by atoms with van der Waals surface area (Å²) in [6.45, 7) is 8.51. The minimum atomic E-state index is 1.08. The van der Waals surface area contributed by atoms with Crippen molar-refractivity contribution in [3.8, 4) is 0 Å². The molecule has 0 aromatic heterocycles. The topological polar surface area (TPSA) is 9.72 Å². The van der Waals surface area contributed by atoms with Gasteiger partial charge in [0, 0.05) is 51.2 Å². The zero-order chi connectivity index (χ0) is 49.9. The van der Waals surface area contributed by atoms with Gasteiger partial charge in [0.05, 0.1) is 0 Å². The third kappa shape index (κ3) is 11.9. The molecule has 0 fully saturated rings. The number of rotatable bonds is 15. The minimum Gasteiger partial charge on any atom is -0.311 e. The van der Waals surface area contributed by atoms with Gasteiger partial charge in [0.1, 0.15) is 0 Å². The van der Waals surface area contributed by atoms with Crippen LogP contribution >= 0.6 is 0 Å². The molecule has 0 saturated heterocycles. The average molecular weight is 942 g/mol. The van der Waals surface area contributed by atoms with Gasteiger partial charge in [-0.2, -0.15) is 0 Å². The van der Waals surface area contributed by atoms with E-state index in [9.17, 15) is 0 Å². The normalized spacial score (nSPS) is 11.4. The van der Waals surface area contributed by atoms with Gasteiger partial charge in [-0.05, 0) is 170 Å². The molecule has 0 aliphatic heterocycles. The van der Waals surface area contributed by atoms with Gasteiger partial charge in [0.2, 0.25) is 0 Å². The van der Waals surface area contributed by atoms with E-state index in [1.54, 1.807) is 0 Å². The molecule has 3 heteroatoms. The minimum absolute atomic E-state index is 1.08. The summed E-state index contributed by atoms with van der Waals surface area (Å²) in [5, 5.41) is 0. The SMILES string of the molecule is Cc1ccc(N(c2ccc(C)cc2)c2ccc(C=Cc3ccc(N(c4ccc(C=Cc5ccccc5)cc4)c4ccc(C=Cc5ccc(N(c6ccc(C)cc6)c6ccc(C)cc6)cc5)cc4)cc3)cc2)cc1. The third-order valence-corrected chi connectivity index (χ3v) is 13.1. The fourth-order valence-electron chi connectivity index (χ4n) is 8.93. The number of hydrogen-bond acceptors (Lipinski definition) is 3. The molecule has 0 bridgehead atoms. The summed E-state index contributed by atoms with van der Waals surface area (Å²) in [7, 11) is 0. The molecule has 73 heavy (non-hydrogen) atoms. The molecule has 354 valence electrons. The standard InChI is InChI=1S/C70H59N3/c1-52-10-34-62(35-11-52)71(63-36-12-53(2)13-37-63)66-42-26-58(27-43-66)20-22-60-30-48-69(49-31-60)73(68-46-24-57(25-47-68)19-18-56-8-6-5-7-9-56)70-50-32-61(33-51-70)23-21-59-28-44-67(45-29-59)72(64-38-14-54(3)15-39-64)65-40-16-55(4)17-41-65/h5-51H,1-4H3. The van der Waals surface area contributed by atoms with Crippen LogP contribution in [0.3, 0.4) is 0 Å². The molecule has 3 nitrogen and oxygen atoms in total. The van der Waals surface area contributed by atoms with Gasteiger partial charge >= 0.3 is 0 Å². The van der Waals surface area contributed by atoms with Gasteiger partial charge in [-0.15, -0.1) is 0 Å². The zero-order valence-corrected chi connectivity index (χ0v) is 42.0. The quantitative estimate of drug-likeness (QED) is 0.0949. The Hall–Kier alpha value is -9.18. The lowest BCUT2D eigenvalue weighted by Crippen LogP contribution is -2.10. The van der Waals surface area contributed by atoms with Crippen LogP contribution in [0, 0.1) is 27.7 Å². The van der Waals surface area contributed by atoms with Gasteiger partial charge in [-0.3, -0.25) is 0 Å².